The number of unbranched alkanes of at least 4 members (excludes halogenated alkanes) is 39. The van der Waals surface area contributed by atoms with Gasteiger partial charge in [0.05, 0.1) is 13.2 Å². The Morgan fingerprint density at radius 2 is 0.703 bits per heavy atom. The van der Waals surface area contributed by atoms with E-state index in [0.29, 0.717) is 6.42 Å². The Balaban J connectivity index is 3.79. The molecule has 10 heteroatoms. The van der Waals surface area contributed by atoms with E-state index in [-0.39, 0.29) is 38.6 Å². The molecule has 3 N–H and O–H groups in total. The van der Waals surface area contributed by atoms with Crippen molar-refractivity contribution < 1.29 is 37.6 Å². The summed E-state index contributed by atoms with van der Waals surface area (Å²) < 4.78 is 33.0. The van der Waals surface area contributed by atoms with Crippen LogP contribution in [0.3, 0.4) is 0 Å². The molecule has 0 aromatic heterocycles. The molecule has 74 heavy (non-hydrogen) atoms. The Kier molecular flexibility index (Phi) is 58.6. The van der Waals surface area contributed by atoms with Crippen molar-refractivity contribution in [2.24, 2.45) is 5.73 Å². The summed E-state index contributed by atoms with van der Waals surface area (Å²) in [6.07, 6.45) is 74.9. The average Bonchev–Trinajstić information content (AvgIpc) is 3.39. The minimum Gasteiger partial charge on any atom is -0.462 e. The van der Waals surface area contributed by atoms with Crippen molar-refractivity contribution in [3.8, 4) is 0 Å². The van der Waals surface area contributed by atoms with Gasteiger partial charge in [-0.3, -0.25) is 18.6 Å². The second kappa shape index (κ2) is 60.2. The molecule has 0 aliphatic rings. The zero-order valence-corrected chi connectivity index (χ0v) is 49.5. The van der Waals surface area contributed by atoms with Crippen LogP contribution in [0.1, 0.15) is 316 Å². The molecule has 0 fully saturated rings. The van der Waals surface area contributed by atoms with Crippen molar-refractivity contribution in [2.75, 3.05) is 26.4 Å². The molecule has 0 radical (unpaired) electrons. The Hall–Kier alpha value is -2.03. The number of hydrogen-bond acceptors (Lipinski definition) is 8. The first-order valence-corrected chi connectivity index (χ1v) is 33.1. The predicted octanol–water partition coefficient (Wildman–Crippen LogP) is 20.1. The molecule has 0 aliphatic heterocycles. The molecule has 2 atom stereocenters. The van der Waals surface area contributed by atoms with E-state index in [4.69, 9.17) is 24.3 Å². The lowest BCUT2D eigenvalue weighted by Gasteiger charge is -2.19. The van der Waals surface area contributed by atoms with E-state index in [9.17, 15) is 19.0 Å². The smallest absolute Gasteiger partial charge is 0.462 e. The molecular formula is C64H120NO8P. The molecule has 0 amide bonds. The lowest BCUT2D eigenvalue weighted by molar-refractivity contribution is -0.161. The molecule has 9 nitrogen and oxygen atoms in total. The molecule has 0 saturated carbocycles. The number of hydrogen-bond donors (Lipinski definition) is 2. The molecule has 0 aliphatic carbocycles. The predicted molar refractivity (Wildman–Crippen MR) is 317 cm³/mol. The fourth-order valence-electron chi connectivity index (χ4n) is 9.23. The number of carbonyl (C=O) groups is 2. The van der Waals surface area contributed by atoms with Crippen LogP contribution in [0.15, 0.2) is 48.6 Å². The van der Waals surface area contributed by atoms with Crippen molar-refractivity contribution in [2.45, 2.75) is 322 Å². The van der Waals surface area contributed by atoms with Crippen LogP contribution in [0.25, 0.3) is 0 Å². The number of nitrogens with two attached hydrogens (primary N) is 1. The van der Waals surface area contributed by atoms with Crippen LogP contribution in [0.2, 0.25) is 0 Å². The highest BCUT2D eigenvalue weighted by molar-refractivity contribution is 7.47. The number of allylic oxidation sites excluding steroid dienone is 8. The topological polar surface area (TPSA) is 134 Å². The quantitative estimate of drug-likeness (QED) is 0.0264. The van der Waals surface area contributed by atoms with Gasteiger partial charge in [0.15, 0.2) is 6.10 Å². The van der Waals surface area contributed by atoms with Gasteiger partial charge in [-0.05, 0) is 77.0 Å². The molecule has 0 heterocycles. The van der Waals surface area contributed by atoms with Crippen molar-refractivity contribution in [1.29, 1.82) is 0 Å². The fraction of sp³-hybridized carbons (Fsp3) is 0.844. The van der Waals surface area contributed by atoms with E-state index in [2.05, 4.69) is 62.5 Å². The summed E-state index contributed by atoms with van der Waals surface area (Å²) in [5.41, 5.74) is 5.38. The summed E-state index contributed by atoms with van der Waals surface area (Å²) in [4.78, 5) is 35.2. The normalized spacial score (nSPS) is 13.3. The molecule has 0 rings (SSSR count). The molecule has 0 aromatic rings. The van der Waals surface area contributed by atoms with Gasteiger partial charge in [-0.15, -0.1) is 0 Å². The van der Waals surface area contributed by atoms with Crippen LogP contribution in [-0.2, 0) is 32.7 Å². The Labute approximate surface area is 457 Å². The van der Waals surface area contributed by atoms with Crippen molar-refractivity contribution in [3.63, 3.8) is 0 Å². The summed E-state index contributed by atoms with van der Waals surface area (Å²) in [6, 6.07) is 0. The van der Waals surface area contributed by atoms with Crippen molar-refractivity contribution in [1.82, 2.24) is 0 Å². The second-order valence-corrected chi connectivity index (χ2v) is 22.7. The van der Waals surface area contributed by atoms with Gasteiger partial charge in [-0.25, -0.2) is 4.57 Å². The average molecular weight is 1060 g/mol. The van der Waals surface area contributed by atoms with Gasteiger partial charge in [-0.1, -0.05) is 274 Å². The minimum atomic E-state index is -4.39. The molecule has 0 bridgehead atoms. The van der Waals surface area contributed by atoms with Crippen LogP contribution in [0.4, 0.5) is 0 Å². The van der Waals surface area contributed by atoms with E-state index < -0.39 is 26.5 Å². The maximum atomic E-state index is 12.7. The van der Waals surface area contributed by atoms with E-state index >= 15 is 0 Å². The Morgan fingerprint density at radius 3 is 1.04 bits per heavy atom. The third-order valence-electron chi connectivity index (χ3n) is 13.9. The number of rotatable bonds is 60. The van der Waals surface area contributed by atoms with E-state index in [1.165, 1.54) is 218 Å². The second-order valence-electron chi connectivity index (χ2n) is 21.3. The zero-order chi connectivity index (χ0) is 53.8. The number of esters is 2. The first-order chi connectivity index (χ1) is 36.3. The fourth-order valence-corrected chi connectivity index (χ4v) is 9.99. The third-order valence-corrected chi connectivity index (χ3v) is 14.9. The van der Waals surface area contributed by atoms with Crippen molar-refractivity contribution in [3.05, 3.63) is 48.6 Å². The highest BCUT2D eigenvalue weighted by atomic mass is 31.2. The number of ether oxygens (including phenoxy) is 2. The first kappa shape index (κ1) is 72.0. The van der Waals surface area contributed by atoms with Crippen LogP contribution in [0.5, 0.6) is 0 Å². The molecule has 434 valence electrons. The van der Waals surface area contributed by atoms with Crippen LogP contribution in [-0.4, -0.2) is 49.3 Å². The van der Waals surface area contributed by atoms with Gasteiger partial charge >= 0.3 is 19.8 Å². The summed E-state index contributed by atoms with van der Waals surface area (Å²) in [5, 5.41) is 0. The van der Waals surface area contributed by atoms with Crippen LogP contribution >= 0.6 is 7.82 Å². The van der Waals surface area contributed by atoms with E-state index in [0.717, 1.165) is 64.2 Å². The van der Waals surface area contributed by atoms with Gasteiger partial charge in [0, 0.05) is 19.4 Å². The van der Waals surface area contributed by atoms with Gasteiger partial charge in [-0.2, -0.15) is 0 Å². The maximum absolute atomic E-state index is 12.7. The maximum Gasteiger partial charge on any atom is 0.472 e. The highest BCUT2D eigenvalue weighted by Gasteiger charge is 2.26. The van der Waals surface area contributed by atoms with Gasteiger partial charge in [0.25, 0.3) is 0 Å². The van der Waals surface area contributed by atoms with Crippen LogP contribution < -0.4 is 5.73 Å². The molecule has 0 saturated heterocycles. The largest absolute Gasteiger partial charge is 0.472 e. The zero-order valence-electron chi connectivity index (χ0n) is 48.6. The summed E-state index contributed by atoms with van der Waals surface area (Å²) in [7, 11) is -4.39. The summed E-state index contributed by atoms with van der Waals surface area (Å²) >= 11 is 0. The van der Waals surface area contributed by atoms with E-state index in [1.807, 2.05) is 0 Å². The van der Waals surface area contributed by atoms with E-state index in [1.54, 1.807) is 0 Å². The molecular weight excluding hydrogens is 942 g/mol. The minimum absolute atomic E-state index is 0.0522. The standard InChI is InChI=1S/C64H120NO8P/c1-3-5-7-9-11-13-15-17-19-21-22-23-24-25-26-27-28-29-30-31-32-33-34-35-36-37-38-39-40-41-43-45-47-49-51-53-55-57-64(67)73-62(61-72-74(68,69)71-59-58-65)60-70-63(66)56-54-52-50-48-46-44-42-20-18-16-14-12-10-8-6-4-2/h14-17,20-22,42,62H,3-13,18-19,23-41,43-61,65H2,1-2H3,(H,68,69)/b16-14-,17-15-,22-21-,42-20-. The van der Waals surface area contributed by atoms with Gasteiger partial charge < -0.3 is 20.1 Å². The Bertz CT molecular complexity index is 1350. The Morgan fingerprint density at radius 1 is 0.405 bits per heavy atom. The number of phosphoric ester groups is 1. The monoisotopic (exact) mass is 1060 g/mol. The summed E-state index contributed by atoms with van der Waals surface area (Å²) in [6.45, 7) is 3.74. The van der Waals surface area contributed by atoms with Crippen molar-refractivity contribution >= 4 is 19.8 Å². The number of phosphoric acid groups is 1. The lowest BCUT2D eigenvalue weighted by atomic mass is 10.0. The van der Waals surface area contributed by atoms with Gasteiger partial charge in [0.2, 0.25) is 0 Å². The lowest BCUT2D eigenvalue weighted by Crippen LogP contribution is -2.29. The van der Waals surface area contributed by atoms with Crippen LogP contribution in [0, 0.1) is 0 Å². The van der Waals surface area contributed by atoms with Gasteiger partial charge in [0.1, 0.15) is 6.61 Å². The summed E-state index contributed by atoms with van der Waals surface area (Å²) in [5.74, 6) is -0.831. The highest BCUT2D eigenvalue weighted by Crippen LogP contribution is 2.43. The molecule has 0 spiro atoms. The first-order valence-electron chi connectivity index (χ1n) is 31.6. The molecule has 2 unspecified atom stereocenters. The SMILES string of the molecule is CCCCCC/C=C\C/C=C\CCCCCCCC(=O)OCC(COP(=O)(O)OCCN)OC(=O)CCCCCCCCCCCCCCCCCCCCCCCCCCC/C=C\C/C=C\CCCCCCC. The third kappa shape index (κ3) is 59.2. The molecule has 0 aromatic carbocycles. The number of carbonyl (C=O) groups excluding carboxylic acids is 2.